The Kier molecular flexibility index (Phi) is 5.76. The van der Waals surface area contributed by atoms with Crippen LogP contribution in [-0.4, -0.2) is 31.1 Å². The van der Waals surface area contributed by atoms with Crippen LogP contribution >= 0.6 is 0 Å². The molecule has 0 fully saturated rings. The standard InChI is InChI=1S/C16H23NO4/c1-12(9-10-18)17(15(19)21-16(2,3)4)13-7-6-8-14(11-13)20-5/h6-8,10-12H,9H2,1-5H3. The number of hydrogen-bond acceptors (Lipinski definition) is 4. The molecule has 1 amide bonds. The number of amides is 1. The van der Waals surface area contributed by atoms with E-state index in [9.17, 15) is 9.59 Å². The number of carbonyl (C=O) groups excluding carboxylic acids is 2. The van der Waals surface area contributed by atoms with Gasteiger partial charge in [-0.2, -0.15) is 0 Å². The largest absolute Gasteiger partial charge is 0.497 e. The van der Waals surface area contributed by atoms with Gasteiger partial charge in [0.2, 0.25) is 0 Å². The van der Waals surface area contributed by atoms with Crippen LogP contribution in [0.5, 0.6) is 5.75 Å². The molecule has 0 spiro atoms. The molecule has 116 valence electrons. The molecule has 0 aliphatic heterocycles. The summed E-state index contributed by atoms with van der Waals surface area (Å²) in [5, 5.41) is 0. The van der Waals surface area contributed by atoms with E-state index in [0.29, 0.717) is 11.4 Å². The number of hydrogen-bond donors (Lipinski definition) is 0. The first-order valence-corrected chi connectivity index (χ1v) is 6.88. The minimum Gasteiger partial charge on any atom is -0.497 e. The van der Waals surface area contributed by atoms with Crippen molar-refractivity contribution in [2.24, 2.45) is 0 Å². The molecule has 1 aromatic carbocycles. The van der Waals surface area contributed by atoms with E-state index < -0.39 is 11.7 Å². The van der Waals surface area contributed by atoms with Crippen molar-refractivity contribution in [2.75, 3.05) is 12.0 Å². The number of benzene rings is 1. The van der Waals surface area contributed by atoms with E-state index in [2.05, 4.69) is 0 Å². The summed E-state index contributed by atoms with van der Waals surface area (Å²) < 4.78 is 10.6. The highest BCUT2D eigenvalue weighted by molar-refractivity contribution is 5.89. The Hall–Kier alpha value is -2.04. The first-order chi connectivity index (χ1) is 9.78. The number of anilines is 1. The van der Waals surface area contributed by atoms with E-state index in [0.717, 1.165) is 6.29 Å². The van der Waals surface area contributed by atoms with E-state index in [4.69, 9.17) is 9.47 Å². The molecule has 21 heavy (non-hydrogen) atoms. The summed E-state index contributed by atoms with van der Waals surface area (Å²) in [6, 6.07) is 6.81. The highest BCUT2D eigenvalue weighted by atomic mass is 16.6. The predicted octanol–water partition coefficient (Wildman–Crippen LogP) is 3.41. The molecule has 1 rings (SSSR count). The molecule has 1 atom stereocenters. The predicted molar refractivity (Wildman–Crippen MR) is 81.9 cm³/mol. The molecule has 0 radical (unpaired) electrons. The molecule has 0 N–H and O–H groups in total. The zero-order valence-electron chi connectivity index (χ0n) is 13.3. The van der Waals surface area contributed by atoms with Crippen LogP contribution in [0, 0.1) is 0 Å². The Bertz CT molecular complexity index is 493. The lowest BCUT2D eigenvalue weighted by Gasteiger charge is -2.31. The first kappa shape index (κ1) is 17.0. The monoisotopic (exact) mass is 293 g/mol. The maximum absolute atomic E-state index is 12.4. The average molecular weight is 293 g/mol. The number of carbonyl (C=O) groups is 2. The summed E-state index contributed by atoms with van der Waals surface area (Å²) in [7, 11) is 1.56. The minimum absolute atomic E-state index is 0.233. The molecular weight excluding hydrogens is 270 g/mol. The van der Waals surface area contributed by atoms with Crippen LogP contribution < -0.4 is 9.64 Å². The molecule has 0 aliphatic carbocycles. The lowest BCUT2D eigenvalue weighted by molar-refractivity contribution is -0.108. The van der Waals surface area contributed by atoms with Gasteiger partial charge in [0.1, 0.15) is 17.6 Å². The van der Waals surface area contributed by atoms with Gasteiger partial charge in [0.05, 0.1) is 12.8 Å². The van der Waals surface area contributed by atoms with Gasteiger partial charge in [-0.3, -0.25) is 4.90 Å². The van der Waals surface area contributed by atoms with Gasteiger partial charge >= 0.3 is 6.09 Å². The molecule has 5 nitrogen and oxygen atoms in total. The Morgan fingerprint density at radius 2 is 2.05 bits per heavy atom. The Morgan fingerprint density at radius 3 is 2.57 bits per heavy atom. The lowest BCUT2D eigenvalue weighted by Crippen LogP contribution is -2.42. The maximum Gasteiger partial charge on any atom is 0.415 e. The molecule has 5 heteroatoms. The van der Waals surface area contributed by atoms with Crippen molar-refractivity contribution in [3.8, 4) is 5.75 Å². The summed E-state index contributed by atoms with van der Waals surface area (Å²) >= 11 is 0. The second kappa shape index (κ2) is 7.11. The molecule has 0 heterocycles. The summed E-state index contributed by atoms with van der Waals surface area (Å²) in [4.78, 5) is 24.7. The molecule has 0 aliphatic rings. The third-order valence-electron chi connectivity index (χ3n) is 2.80. The number of aldehydes is 1. The van der Waals surface area contributed by atoms with E-state index in [1.165, 1.54) is 4.90 Å². The third kappa shape index (κ3) is 5.10. The Labute approximate surface area is 125 Å². The van der Waals surface area contributed by atoms with Crippen LogP contribution in [0.25, 0.3) is 0 Å². The van der Waals surface area contributed by atoms with E-state index in [1.807, 2.05) is 0 Å². The van der Waals surface area contributed by atoms with Crippen molar-refractivity contribution in [3.63, 3.8) is 0 Å². The van der Waals surface area contributed by atoms with Crippen LogP contribution in [0.15, 0.2) is 24.3 Å². The summed E-state index contributed by atoms with van der Waals surface area (Å²) in [6.45, 7) is 7.22. The Balaban J connectivity index is 3.12. The second-order valence-electron chi connectivity index (χ2n) is 5.80. The van der Waals surface area contributed by atoms with Gasteiger partial charge in [0, 0.05) is 18.5 Å². The average Bonchev–Trinajstić information content (AvgIpc) is 2.37. The van der Waals surface area contributed by atoms with Crippen LogP contribution in [0.3, 0.4) is 0 Å². The number of rotatable bonds is 5. The van der Waals surface area contributed by atoms with Crippen molar-refractivity contribution >= 4 is 18.1 Å². The highest BCUT2D eigenvalue weighted by Gasteiger charge is 2.27. The number of ether oxygens (including phenoxy) is 2. The van der Waals surface area contributed by atoms with Gasteiger partial charge in [-0.1, -0.05) is 6.07 Å². The van der Waals surface area contributed by atoms with Crippen molar-refractivity contribution in [3.05, 3.63) is 24.3 Å². The smallest absolute Gasteiger partial charge is 0.415 e. The van der Waals surface area contributed by atoms with Gasteiger partial charge in [0.25, 0.3) is 0 Å². The van der Waals surface area contributed by atoms with Gasteiger partial charge in [-0.25, -0.2) is 4.79 Å². The normalized spacial score (nSPS) is 12.4. The highest BCUT2D eigenvalue weighted by Crippen LogP contribution is 2.25. The SMILES string of the molecule is COc1cccc(N(C(=O)OC(C)(C)C)C(C)CC=O)c1. The zero-order valence-corrected chi connectivity index (χ0v) is 13.3. The fourth-order valence-corrected chi connectivity index (χ4v) is 1.86. The van der Waals surface area contributed by atoms with E-state index in [-0.39, 0.29) is 12.5 Å². The van der Waals surface area contributed by atoms with E-state index in [1.54, 1.807) is 59.1 Å². The zero-order chi connectivity index (χ0) is 16.0. The van der Waals surface area contributed by atoms with E-state index >= 15 is 0 Å². The van der Waals surface area contributed by atoms with Crippen molar-refractivity contribution < 1.29 is 19.1 Å². The van der Waals surface area contributed by atoms with Gasteiger partial charge in [-0.15, -0.1) is 0 Å². The quantitative estimate of drug-likeness (QED) is 0.781. The number of methoxy groups -OCH3 is 1. The van der Waals surface area contributed by atoms with Gasteiger partial charge in [0.15, 0.2) is 0 Å². The molecule has 1 unspecified atom stereocenters. The van der Waals surface area contributed by atoms with Crippen LogP contribution in [0.1, 0.15) is 34.1 Å². The summed E-state index contributed by atoms with van der Waals surface area (Å²) in [5.74, 6) is 0.638. The first-order valence-electron chi connectivity index (χ1n) is 6.88. The second-order valence-corrected chi connectivity index (χ2v) is 5.80. The van der Waals surface area contributed by atoms with Crippen LogP contribution in [0.2, 0.25) is 0 Å². The minimum atomic E-state index is -0.602. The van der Waals surface area contributed by atoms with Crippen molar-refractivity contribution in [1.82, 2.24) is 0 Å². The Morgan fingerprint density at radius 1 is 1.38 bits per heavy atom. The fraction of sp³-hybridized carbons (Fsp3) is 0.500. The van der Waals surface area contributed by atoms with Crippen molar-refractivity contribution in [1.29, 1.82) is 0 Å². The molecule has 0 saturated carbocycles. The topological polar surface area (TPSA) is 55.8 Å². The molecule has 1 aromatic rings. The number of nitrogens with zero attached hydrogens (tertiary/aromatic N) is 1. The maximum atomic E-state index is 12.4. The fourth-order valence-electron chi connectivity index (χ4n) is 1.86. The molecular formula is C16H23NO4. The van der Waals surface area contributed by atoms with Crippen molar-refractivity contribution in [2.45, 2.75) is 45.8 Å². The lowest BCUT2D eigenvalue weighted by atomic mass is 10.1. The third-order valence-corrected chi connectivity index (χ3v) is 2.80. The molecule has 0 bridgehead atoms. The summed E-state index contributed by atoms with van der Waals surface area (Å²) in [6.07, 6.45) is 0.545. The molecule has 0 aromatic heterocycles. The molecule has 0 saturated heterocycles. The summed E-state index contributed by atoms with van der Waals surface area (Å²) in [5.41, 5.74) is 0.0349. The van der Waals surface area contributed by atoms with Gasteiger partial charge in [-0.05, 0) is 39.8 Å². The van der Waals surface area contributed by atoms with Gasteiger partial charge < -0.3 is 14.3 Å². The van der Waals surface area contributed by atoms with Crippen LogP contribution in [-0.2, 0) is 9.53 Å². The van der Waals surface area contributed by atoms with Crippen LogP contribution in [0.4, 0.5) is 10.5 Å².